The molecule has 1 amide bonds. The number of hydrogen-bond donors (Lipinski definition) is 0. The molecule has 2 saturated carbocycles. The van der Waals surface area contributed by atoms with E-state index in [2.05, 4.69) is 9.80 Å². The largest absolute Gasteiger partial charge is 0.341 e. The van der Waals surface area contributed by atoms with E-state index >= 15 is 0 Å². The monoisotopic (exact) mass is 332 g/mol. The second kappa shape index (κ2) is 7.35. The van der Waals surface area contributed by atoms with Crippen LogP contribution in [0.2, 0.25) is 0 Å². The summed E-state index contributed by atoms with van der Waals surface area (Å²) < 4.78 is 0. The van der Waals surface area contributed by atoms with Gasteiger partial charge in [-0.2, -0.15) is 0 Å². The molecule has 2 aliphatic heterocycles. The van der Waals surface area contributed by atoms with Crippen molar-refractivity contribution in [3.05, 3.63) is 0 Å². The molecule has 0 bridgehead atoms. The minimum Gasteiger partial charge on any atom is -0.341 e. The van der Waals surface area contributed by atoms with Crippen molar-refractivity contribution >= 4 is 5.91 Å². The van der Waals surface area contributed by atoms with Gasteiger partial charge in [0.1, 0.15) is 0 Å². The van der Waals surface area contributed by atoms with E-state index in [0.717, 1.165) is 37.9 Å². The van der Waals surface area contributed by atoms with E-state index < -0.39 is 0 Å². The third-order valence-corrected chi connectivity index (χ3v) is 7.33. The van der Waals surface area contributed by atoms with Gasteiger partial charge in [0.05, 0.1) is 5.41 Å². The van der Waals surface area contributed by atoms with Crippen molar-refractivity contribution in [1.29, 1.82) is 0 Å². The van der Waals surface area contributed by atoms with Gasteiger partial charge in [-0.3, -0.25) is 4.79 Å². The number of β-lactam (4-membered cyclic amide) rings is 1. The predicted octanol–water partition coefficient (Wildman–Crippen LogP) is 4.07. The zero-order chi connectivity index (χ0) is 16.4. The summed E-state index contributed by atoms with van der Waals surface area (Å²) >= 11 is 0. The summed E-state index contributed by atoms with van der Waals surface area (Å²) in [7, 11) is 0. The maximum absolute atomic E-state index is 12.9. The van der Waals surface area contributed by atoms with Crippen LogP contribution in [-0.4, -0.2) is 48.4 Å². The standard InChI is InChI=1S/C21H36N2O/c24-20-21(17-23(20)15-19-10-5-2-6-11-19)12-7-13-22(16-21)14-18-8-3-1-4-9-18/h18-19H,1-17H2/t21-/m1/s1. The summed E-state index contributed by atoms with van der Waals surface area (Å²) in [6.45, 7) is 5.67. The molecule has 0 aromatic heterocycles. The average molecular weight is 333 g/mol. The molecule has 136 valence electrons. The number of carbonyl (C=O) groups excluding carboxylic acids is 1. The van der Waals surface area contributed by atoms with Gasteiger partial charge in [0.25, 0.3) is 0 Å². The molecule has 4 rings (SSSR count). The van der Waals surface area contributed by atoms with Gasteiger partial charge < -0.3 is 9.80 Å². The Balaban J connectivity index is 1.28. The fourth-order valence-electron chi connectivity index (χ4n) is 6.00. The van der Waals surface area contributed by atoms with Crippen LogP contribution in [0, 0.1) is 17.3 Å². The Morgan fingerprint density at radius 2 is 1.42 bits per heavy atom. The van der Waals surface area contributed by atoms with E-state index in [4.69, 9.17) is 0 Å². The number of rotatable bonds is 4. The lowest BCUT2D eigenvalue weighted by Crippen LogP contribution is -2.67. The first-order chi connectivity index (χ1) is 11.8. The van der Waals surface area contributed by atoms with Crippen molar-refractivity contribution < 1.29 is 4.79 Å². The number of nitrogens with zero attached hydrogens (tertiary/aromatic N) is 2. The summed E-state index contributed by atoms with van der Waals surface area (Å²) in [5.41, 5.74) is 0.0155. The minimum atomic E-state index is 0.0155. The Morgan fingerprint density at radius 3 is 2.04 bits per heavy atom. The van der Waals surface area contributed by atoms with Crippen LogP contribution in [-0.2, 0) is 4.79 Å². The molecule has 3 heteroatoms. The first-order valence-corrected chi connectivity index (χ1v) is 10.8. The highest BCUT2D eigenvalue weighted by Gasteiger charge is 2.53. The lowest BCUT2D eigenvalue weighted by molar-refractivity contribution is -0.168. The fraction of sp³-hybridized carbons (Fsp3) is 0.952. The molecule has 3 nitrogen and oxygen atoms in total. The highest BCUT2D eigenvalue weighted by Crippen LogP contribution is 2.42. The summed E-state index contributed by atoms with van der Waals surface area (Å²) in [6.07, 6.45) is 16.4. The zero-order valence-electron chi connectivity index (χ0n) is 15.5. The fourth-order valence-corrected chi connectivity index (χ4v) is 6.00. The second-order valence-corrected chi connectivity index (χ2v) is 9.31. The van der Waals surface area contributed by atoms with Crippen LogP contribution >= 0.6 is 0 Å². The summed E-state index contributed by atoms with van der Waals surface area (Å²) in [5.74, 6) is 2.20. The Hall–Kier alpha value is -0.570. The molecule has 1 atom stereocenters. The minimum absolute atomic E-state index is 0.0155. The number of hydrogen-bond acceptors (Lipinski definition) is 2. The third kappa shape index (κ3) is 3.52. The molecule has 0 N–H and O–H groups in total. The summed E-state index contributed by atoms with van der Waals surface area (Å²) in [4.78, 5) is 17.8. The third-order valence-electron chi connectivity index (χ3n) is 7.33. The first kappa shape index (κ1) is 16.9. The van der Waals surface area contributed by atoms with Gasteiger partial charge in [-0.15, -0.1) is 0 Å². The van der Waals surface area contributed by atoms with E-state index in [-0.39, 0.29) is 5.41 Å². The smallest absolute Gasteiger partial charge is 0.231 e. The van der Waals surface area contributed by atoms with Crippen LogP contribution in [0.15, 0.2) is 0 Å². The molecule has 0 aromatic rings. The molecule has 1 spiro atoms. The number of piperidine rings is 1. The Bertz CT molecular complexity index is 439. The van der Waals surface area contributed by atoms with E-state index in [1.54, 1.807) is 0 Å². The molecule has 2 aliphatic carbocycles. The molecule has 4 fully saturated rings. The lowest BCUT2D eigenvalue weighted by Gasteiger charge is -2.54. The van der Waals surface area contributed by atoms with Gasteiger partial charge in [-0.25, -0.2) is 0 Å². The SMILES string of the molecule is O=C1N(CC2CCCCC2)C[C@]12CCCN(CC1CCCCC1)C2. The molecule has 4 aliphatic rings. The molecule has 0 unspecified atom stereocenters. The Morgan fingerprint density at radius 1 is 0.792 bits per heavy atom. The highest BCUT2D eigenvalue weighted by molar-refractivity contribution is 5.89. The van der Waals surface area contributed by atoms with Crippen molar-refractivity contribution in [3.63, 3.8) is 0 Å². The molecule has 0 radical (unpaired) electrons. The zero-order valence-corrected chi connectivity index (χ0v) is 15.5. The lowest BCUT2D eigenvalue weighted by atomic mass is 9.71. The van der Waals surface area contributed by atoms with Gasteiger partial charge in [-0.1, -0.05) is 38.5 Å². The van der Waals surface area contributed by atoms with Gasteiger partial charge in [0.15, 0.2) is 0 Å². The highest BCUT2D eigenvalue weighted by atomic mass is 16.2. The van der Waals surface area contributed by atoms with E-state index in [1.165, 1.54) is 83.7 Å². The molecule has 24 heavy (non-hydrogen) atoms. The topological polar surface area (TPSA) is 23.6 Å². The maximum Gasteiger partial charge on any atom is 0.231 e. The maximum atomic E-state index is 12.9. The van der Waals surface area contributed by atoms with Gasteiger partial charge in [0.2, 0.25) is 5.91 Å². The van der Waals surface area contributed by atoms with E-state index in [1.807, 2.05) is 0 Å². The second-order valence-electron chi connectivity index (χ2n) is 9.31. The van der Waals surface area contributed by atoms with Crippen molar-refractivity contribution in [2.45, 2.75) is 77.0 Å². The summed E-state index contributed by atoms with van der Waals surface area (Å²) in [6, 6.07) is 0. The van der Waals surface area contributed by atoms with E-state index in [0.29, 0.717) is 5.91 Å². The quantitative estimate of drug-likeness (QED) is 0.725. The molecule has 2 saturated heterocycles. The van der Waals surface area contributed by atoms with Gasteiger partial charge in [0, 0.05) is 26.2 Å². The Kier molecular flexibility index (Phi) is 5.17. The van der Waals surface area contributed by atoms with Crippen molar-refractivity contribution in [1.82, 2.24) is 9.80 Å². The molecule has 0 aromatic carbocycles. The van der Waals surface area contributed by atoms with Crippen LogP contribution in [0.3, 0.4) is 0 Å². The molecular formula is C21H36N2O. The van der Waals surface area contributed by atoms with Crippen molar-refractivity contribution in [3.8, 4) is 0 Å². The van der Waals surface area contributed by atoms with E-state index in [9.17, 15) is 4.79 Å². The summed E-state index contributed by atoms with van der Waals surface area (Å²) in [5, 5.41) is 0. The Labute approximate surface area is 148 Å². The number of amides is 1. The average Bonchev–Trinajstić information content (AvgIpc) is 2.63. The van der Waals surface area contributed by atoms with Crippen LogP contribution in [0.4, 0.5) is 0 Å². The normalized spacial score (nSPS) is 33.8. The predicted molar refractivity (Wildman–Crippen MR) is 97.8 cm³/mol. The first-order valence-electron chi connectivity index (χ1n) is 10.8. The van der Waals surface area contributed by atoms with Gasteiger partial charge in [-0.05, 0) is 56.9 Å². The number of likely N-dealkylation sites (tertiary alicyclic amines) is 2. The number of carbonyl (C=O) groups is 1. The van der Waals surface area contributed by atoms with Crippen molar-refractivity contribution in [2.75, 3.05) is 32.7 Å². The van der Waals surface area contributed by atoms with Crippen LogP contribution in [0.5, 0.6) is 0 Å². The van der Waals surface area contributed by atoms with Crippen molar-refractivity contribution in [2.24, 2.45) is 17.3 Å². The van der Waals surface area contributed by atoms with Crippen LogP contribution in [0.1, 0.15) is 77.0 Å². The van der Waals surface area contributed by atoms with Crippen LogP contribution < -0.4 is 0 Å². The molecular weight excluding hydrogens is 296 g/mol. The van der Waals surface area contributed by atoms with Gasteiger partial charge >= 0.3 is 0 Å². The van der Waals surface area contributed by atoms with Crippen LogP contribution in [0.25, 0.3) is 0 Å². The molecule has 2 heterocycles.